The lowest BCUT2D eigenvalue weighted by molar-refractivity contribution is 0.0525. The van der Waals surface area contributed by atoms with Crippen LogP contribution in [0, 0.1) is 0 Å². The summed E-state index contributed by atoms with van der Waals surface area (Å²) in [6, 6.07) is 6.14. The zero-order valence-electron chi connectivity index (χ0n) is 21.4. The predicted molar refractivity (Wildman–Crippen MR) is 152 cm³/mol. The molecule has 8 nitrogen and oxygen atoms in total. The third-order valence-electron chi connectivity index (χ3n) is 6.08. The molecule has 0 aliphatic carbocycles. The van der Waals surface area contributed by atoms with Crippen molar-refractivity contribution in [2.75, 3.05) is 26.2 Å². The quantitative estimate of drug-likeness (QED) is 0.168. The van der Waals surface area contributed by atoms with Gasteiger partial charge < -0.3 is 14.7 Å². The van der Waals surface area contributed by atoms with Gasteiger partial charge in [0, 0.05) is 18.1 Å². The van der Waals surface area contributed by atoms with Crippen LogP contribution in [0.15, 0.2) is 36.7 Å². The number of carboxylic acids is 1. The molecule has 212 valence electrons. The maximum absolute atomic E-state index is 11.1. The van der Waals surface area contributed by atoms with Gasteiger partial charge in [-0.15, -0.1) is 0 Å². The van der Waals surface area contributed by atoms with Gasteiger partial charge in [0.05, 0.1) is 17.7 Å². The monoisotopic (exact) mass is 529 g/mol. The molecule has 0 radical (unpaired) electrons. The molecule has 1 N–H and O–H groups in total. The summed E-state index contributed by atoms with van der Waals surface area (Å²) in [4.78, 5) is 42.9. The fourth-order valence-electron chi connectivity index (χ4n) is 4.13. The van der Waals surface area contributed by atoms with E-state index < -0.39 is 11.9 Å². The van der Waals surface area contributed by atoms with Crippen molar-refractivity contribution in [1.29, 1.82) is 0 Å². The number of aryl methyl sites for hydroxylation is 1. The lowest BCUT2D eigenvalue weighted by Gasteiger charge is -2.13. The summed E-state index contributed by atoms with van der Waals surface area (Å²) in [6.45, 7) is 5.97. The summed E-state index contributed by atoms with van der Waals surface area (Å²) in [7, 11) is 0. The molecule has 2 aromatic rings. The van der Waals surface area contributed by atoms with Crippen LogP contribution in [-0.2, 0) is 11.2 Å². The molecule has 2 aromatic heterocycles. The van der Waals surface area contributed by atoms with Crippen LogP contribution in [-0.4, -0.2) is 64.4 Å². The van der Waals surface area contributed by atoms with Crippen molar-refractivity contribution < 1.29 is 24.2 Å². The highest BCUT2D eigenvalue weighted by Crippen LogP contribution is 2.13. The smallest absolute Gasteiger partial charge is 0.338 e. The fraction of sp³-hybridized carbons (Fsp3) is 0.567. The zero-order valence-corrected chi connectivity index (χ0v) is 21.4. The number of carboxylic acid groups (broad SMARTS) is 1. The number of aromatic carboxylic acids is 1. The third-order valence-corrected chi connectivity index (χ3v) is 6.08. The van der Waals surface area contributed by atoms with E-state index in [-0.39, 0.29) is 20.5 Å². The van der Waals surface area contributed by atoms with Crippen LogP contribution >= 0.6 is 0 Å². The van der Waals surface area contributed by atoms with Gasteiger partial charge in [0.1, 0.15) is 5.69 Å². The molecule has 0 aromatic carbocycles. The Bertz CT molecular complexity index is 945. The van der Waals surface area contributed by atoms with Gasteiger partial charge in [-0.25, -0.2) is 9.59 Å². The number of likely N-dealkylation sites (tertiary alicyclic amines) is 1. The number of nitrogens with zero attached hydrogens (tertiary/aromatic N) is 3. The normalized spacial score (nSPS) is 12.3. The molecule has 0 amide bonds. The number of aldehydes is 1. The van der Waals surface area contributed by atoms with Crippen molar-refractivity contribution in [3.05, 3.63) is 59.2 Å². The van der Waals surface area contributed by atoms with Crippen molar-refractivity contribution >= 4 is 18.2 Å². The van der Waals surface area contributed by atoms with Gasteiger partial charge in [0.2, 0.25) is 0 Å². The van der Waals surface area contributed by atoms with Crippen LogP contribution in [0.4, 0.5) is 0 Å². The van der Waals surface area contributed by atoms with Crippen LogP contribution < -0.4 is 0 Å². The number of hydrogen-bond acceptors (Lipinski definition) is 7. The number of ether oxygens (including phenoxy) is 1. The average molecular weight is 530 g/mol. The Morgan fingerprint density at radius 3 is 2.16 bits per heavy atom. The molecule has 0 saturated carbocycles. The van der Waals surface area contributed by atoms with Gasteiger partial charge in [-0.3, -0.25) is 14.8 Å². The summed E-state index contributed by atoms with van der Waals surface area (Å²) >= 11 is 0. The van der Waals surface area contributed by atoms with Gasteiger partial charge in [-0.1, -0.05) is 47.0 Å². The molecule has 3 rings (SSSR count). The molecule has 1 fully saturated rings. The molecular formula is C30H47N3O5. The molecule has 1 aliphatic rings. The van der Waals surface area contributed by atoms with E-state index in [4.69, 9.17) is 9.84 Å². The van der Waals surface area contributed by atoms with E-state index in [2.05, 4.69) is 14.9 Å². The number of aromatic nitrogens is 2. The van der Waals surface area contributed by atoms with Crippen LogP contribution in [0.3, 0.4) is 0 Å². The number of rotatable bonds is 14. The first-order valence-corrected chi connectivity index (χ1v) is 13.0. The zero-order chi connectivity index (χ0) is 26.0. The van der Waals surface area contributed by atoms with Crippen molar-refractivity contribution in [2.24, 2.45) is 0 Å². The van der Waals surface area contributed by atoms with E-state index in [1.165, 1.54) is 89.3 Å². The Hall–Kier alpha value is -3.13. The molecule has 0 unspecified atom stereocenters. The molecule has 0 bridgehead atoms. The Morgan fingerprint density at radius 1 is 0.921 bits per heavy atom. The number of carbonyl (C=O) groups excluding carboxylic acids is 2. The summed E-state index contributed by atoms with van der Waals surface area (Å²) < 4.78 is 4.74. The number of unbranched alkanes of at least 4 members (excludes halogenated alkanes) is 6. The van der Waals surface area contributed by atoms with E-state index in [1.54, 1.807) is 25.3 Å². The van der Waals surface area contributed by atoms with Gasteiger partial charge >= 0.3 is 11.9 Å². The van der Waals surface area contributed by atoms with Crippen LogP contribution in [0.1, 0.15) is 116 Å². The number of pyridine rings is 2. The van der Waals surface area contributed by atoms with E-state index in [0.717, 1.165) is 18.5 Å². The third kappa shape index (κ3) is 14.0. The van der Waals surface area contributed by atoms with E-state index in [0.29, 0.717) is 24.0 Å². The lowest BCUT2D eigenvalue weighted by atomic mass is 10.1. The summed E-state index contributed by atoms with van der Waals surface area (Å²) in [5.74, 6) is -1.31. The van der Waals surface area contributed by atoms with Crippen molar-refractivity contribution in [3.63, 3.8) is 0 Å². The van der Waals surface area contributed by atoms with Gasteiger partial charge in [-0.05, 0) is 82.9 Å². The highest BCUT2D eigenvalue weighted by Gasteiger charge is 2.10. The second-order valence-electron chi connectivity index (χ2n) is 8.92. The van der Waals surface area contributed by atoms with Gasteiger partial charge in [0.25, 0.3) is 0 Å². The van der Waals surface area contributed by atoms with Crippen LogP contribution in [0.25, 0.3) is 0 Å². The predicted octanol–water partition coefficient (Wildman–Crippen LogP) is 6.49. The summed E-state index contributed by atoms with van der Waals surface area (Å²) in [6.07, 6.45) is 16.2. The van der Waals surface area contributed by atoms with E-state index in [1.807, 2.05) is 0 Å². The van der Waals surface area contributed by atoms with Gasteiger partial charge in [0.15, 0.2) is 6.29 Å². The van der Waals surface area contributed by atoms with E-state index in [9.17, 15) is 14.4 Å². The Kier molecular flexibility index (Phi) is 19.2. The minimum Gasteiger partial charge on any atom is -0.478 e. The summed E-state index contributed by atoms with van der Waals surface area (Å²) in [5.41, 5.74) is 1.81. The molecule has 0 spiro atoms. The SMILES string of the molecule is C.C.CCOC(=O)c1ccnc(C=O)c1.O=C(O)c1ccnc(CCCCCCCCCN2CCCC2)c1. The standard InChI is InChI=1S/C19H30N2O2.C9H9NO3.2CH4/c22-19(23)17-11-12-20-18(16-17)10-6-4-2-1-3-5-7-13-21-14-8-9-15-21;1-2-13-9(12)7-3-4-10-8(5-7)6-11;;/h11-12,16H,1-10,13-15H2,(H,22,23);3-6H,2H2,1H3;2*1H4. The molecule has 8 heteroatoms. The molecule has 3 heterocycles. The first-order valence-electron chi connectivity index (χ1n) is 13.0. The Morgan fingerprint density at radius 2 is 1.53 bits per heavy atom. The maximum Gasteiger partial charge on any atom is 0.338 e. The van der Waals surface area contributed by atoms with Gasteiger partial charge in [-0.2, -0.15) is 0 Å². The van der Waals surface area contributed by atoms with E-state index >= 15 is 0 Å². The highest BCUT2D eigenvalue weighted by molar-refractivity contribution is 5.90. The largest absolute Gasteiger partial charge is 0.478 e. The first kappa shape index (κ1) is 34.9. The van der Waals surface area contributed by atoms with Crippen LogP contribution in [0.2, 0.25) is 0 Å². The second-order valence-corrected chi connectivity index (χ2v) is 8.92. The maximum atomic E-state index is 11.1. The highest BCUT2D eigenvalue weighted by atomic mass is 16.5. The Labute approximate surface area is 228 Å². The number of hydrogen-bond donors (Lipinski definition) is 1. The molecular weight excluding hydrogens is 482 g/mol. The second kappa shape index (κ2) is 20.9. The number of carbonyl (C=O) groups is 3. The summed E-state index contributed by atoms with van der Waals surface area (Å²) in [5, 5.41) is 8.96. The fourth-order valence-corrected chi connectivity index (χ4v) is 4.13. The molecule has 1 saturated heterocycles. The number of esters is 1. The minimum atomic E-state index is -0.873. The first-order chi connectivity index (χ1) is 17.5. The van der Waals surface area contributed by atoms with Crippen molar-refractivity contribution in [2.45, 2.75) is 86.0 Å². The van der Waals surface area contributed by atoms with Crippen LogP contribution in [0.5, 0.6) is 0 Å². The topological polar surface area (TPSA) is 110 Å². The van der Waals surface area contributed by atoms with Crippen molar-refractivity contribution in [3.8, 4) is 0 Å². The molecule has 1 aliphatic heterocycles. The minimum absolute atomic E-state index is 0. The Balaban J connectivity index is 0.000000784. The molecule has 0 atom stereocenters. The lowest BCUT2D eigenvalue weighted by Crippen LogP contribution is -2.20. The average Bonchev–Trinajstić information content (AvgIpc) is 3.42. The molecule has 38 heavy (non-hydrogen) atoms. The van der Waals surface area contributed by atoms with Crippen molar-refractivity contribution in [1.82, 2.24) is 14.9 Å².